The summed E-state index contributed by atoms with van der Waals surface area (Å²) in [7, 11) is 0. The molecule has 2 heteroatoms. The average molecular weight is 477 g/mol. The number of carbonyl (C=O) groups excluding carboxylic acids is 1. The van der Waals surface area contributed by atoms with E-state index in [9.17, 15) is 4.79 Å². The molecule has 0 aromatic heterocycles. The van der Waals surface area contributed by atoms with Crippen molar-refractivity contribution in [3.63, 3.8) is 0 Å². The minimum Gasteiger partial charge on any atom is -0.493 e. The number of ether oxygens (including phenoxy) is 1. The average Bonchev–Trinajstić information content (AvgIpc) is 2.90. The van der Waals surface area contributed by atoms with E-state index in [0.717, 1.165) is 24.3 Å². The Kier molecular flexibility index (Phi) is 16.4. The molecule has 0 amide bonds. The van der Waals surface area contributed by atoms with Crippen molar-refractivity contribution in [2.24, 2.45) is 0 Å². The first-order valence-corrected chi connectivity index (χ1v) is 14.3. The van der Waals surface area contributed by atoms with E-state index in [2.05, 4.69) is 6.92 Å². The second kappa shape index (κ2) is 19.9. The second-order valence-electron chi connectivity index (χ2n) is 9.75. The summed E-state index contributed by atoms with van der Waals surface area (Å²) in [6.45, 7) is 3.02. The van der Waals surface area contributed by atoms with Gasteiger partial charge in [0.25, 0.3) is 0 Å². The smallest absolute Gasteiger partial charge is 0.185 e. The van der Waals surface area contributed by atoms with Crippen molar-refractivity contribution in [1.29, 1.82) is 0 Å². The summed E-state index contributed by atoms with van der Waals surface area (Å²) >= 11 is 0. The van der Waals surface area contributed by atoms with E-state index < -0.39 is 0 Å². The van der Waals surface area contributed by atoms with Gasteiger partial charge in [-0.15, -0.1) is 0 Å². The summed E-state index contributed by atoms with van der Waals surface area (Å²) in [4.78, 5) is 12.3. The minimum absolute atomic E-state index is 0.0122. The number of ketones is 1. The topological polar surface area (TPSA) is 26.3 Å². The largest absolute Gasteiger partial charge is 0.493 e. The predicted octanol–water partition coefficient (Wildman–Crippen LogP) is 10.2. The highest BCUT2D eigenvalue weighted by atomic mass is 16.5. The third-order valence-electron chi connectivity index (χ3n) is 6.65. The van der Waals surface area contributed by atoms with E-state index >= 15 is 0 Å². The zero-order valence-electron chi connectivity index (χ0n) is 22.2. The maximum atomic E-state index is 12.3. The van der Waals surface area contributed by atoms with Crippen LogP contribution in [0.1, 0.15) is 126 Å². The molecule has 0 radical (unpaired) electrons. The zero-order chi connectivity index (χ0) is 24.8. The van der Waals surface area contributed by atoms with Crippen LogP contribution in [-0.2, 0) is 0 Å². The van der Waals surface area contributed by atoms with Crippen LogP contribution < -0.4 is 4.74 Å². The molecule has 0 bridgehead atoms. The standard InChI is InChI=1S/C33H48O2/c1-2-3-4-5-6-7-8-9-10-11-12-13-14-15-16-22-29-35-33-26-21-20-25-31(33)27-28-32(34)30-23-18-17-19-24-30/h17-21,23-28H,2-16,22,29H2,1H3. The van der Waals surface area contributed by atoms with Gasteiger partial charge in [-0.05, 0) is 24.6 Å². The Morgan fingerprint density at radius 3 is 1.69 bits per heavy atom. The molecule has 192 valence electrons. The molecule has 0 unspecified atom stereocenters. The van der Waals surface area contributed by atoms with Gasteiger partial charge in [0.15, 0.2) is 5.78 Å². The molecule has 35 heavy (non-hydrogen) atoms. The lowest BCUT2D eigenvalue weighted by molar-refractivity contribution is 0.104. The van der Waals surface area contributed by atoms with E-state index in [1.165, 1.54) is 96.3 Å². The van der Waals surface area contributed by atoms with E-state index in [1.54, 1.807) is 6.08 Å². The quantitative estimate of drug-likeness (QED) is 0.102. The zero-order valence-corrected chi connectivity index (χ0v) is 22.2. The molecular formula is C33H48O2. The van der Waals surface area contributed by atoms with Crippen LogP contribution in [0.4, 0.5) is 0 Å². The van der Waals surface area contributed by atoms with Gasteiger partial charge in [0.2, 0.25) is 0 Å². The Morgan fingerprint density at radius 2 is 1.11 bits per heavy atom. The Hall–Kier alpha value is -2.35. The first-order valence-electron chi connectivity index (χ1n) is 14.3. The van der Waals surface area contributed by atoms with Crippen molar-refractivity contribution in [2.75, 3.05) is 6.61 Å². The molecular weight excluding hydrogens is 428 g/mol. The molecule has 2 aromatic carbocycles. The van der Waals surface area contributed by atoms with Crippen molar-refractivity contribution in [3.8, 4) is 5.75 Å². The number of hydrogen-bond donors (Lipinski definition) is 0. The summed E-state index contributed by atoms with van der Waals surface area (Å²) in [5.41, 5.74) is 1.66. The van der Waals surface area contributed by atoms with Gasteiger partial charge in [0, 0.05) is 11.1 Å². The third kappa shape index (κ3) is 14.0. The molecule has 0 aliphatic carbocycles. The monoisotopic (exact) mass is 476 g/mol. The summed E-state index contributed by atoms with van der Waals surface area (Å²) in [5.74, 6) is 0.865. The van der Waals surface area contributed by atoms with Crippen LogP contribution in [-0.4, -0.2) is 12.4 Å². The van der Waals surface area contributed by atoms with Crippen LogP contribution in [0.3, 0.4) is 0 Å². The van der Waals surface area contributed by atoms with Crippen LogP contribution in [0.2, 0.25) is 0 Å². The van der Waals surface area contributed by atoms with Crippen molar-refractivity contribution in [3.05, 3.63) is 71.8 Å². The molecule has 2 rings (SSSR count). The fourth-order valence-corrected chi connectivity index (χ4v) is 4.45. The molecule has 0 heterocycles. The molecule has 2 nitrogen and oxygen atoms in total. The highest BCUT2D eigenvalue weighted by Crippen LogP contribution is 2.21. The SMILES string of the molecule is CCCCCCCCCCCCCCCCCCOc1ccccc1C=CC(=O)c1ccccc1. The molecule has 0 saturated carbocycles. The summed E-state index contributed by atoms with van der Waals surface area (Å²) < 4.78 is 6.03. The van der Waals surface area contributed by atoms with Gasteiger partial charge in [0.05, 0.1) is 6.61 Å². The Bertz CT molecular complexity index is 809. The molecule has 0 atom stereocenters. The lowest BCUT2D eigenvalue weighted by Gasteiger charge is -2.09. The summed E-state index contributed by atoms with van der Waals surface area (Å²) in [6.07, 6.45) is 25.5. The van der Waals surface area contributed by atoms with Crippen molar-refractivity contribution in [2.45, 2.75) is 110 Å². The summed E-state index contributed by atoms with van der Waals surface area (Å²) in [6, 6.07) is 17.3. The van der Waals surface area contributed by atoms with Crippen LogP contribution in [0.15, 0.2) is 60.7 Å². The van der Waals surface area contributed by atoms with Crippen molar-refractivity contribution >= 4 is 11.9 Å². The highest BCUT2D eigenvalue weighted by molar-refractivity contribution is 6.06. The van der Waals surface area contributed by atoms with Crippen LogP contribution in [0.5, 0.6) is 5.75 Å². The van der Waals surface area contributed by atoms with Gasteiger partial charge in [-0.1, -0.05) is 152 Å². The van der Waals surface area contributed by atoms with E-state index in [1.807, 2.05) is 60.7 Å². The maximum Gasteiger partial charge on any atom is 0.185 e. The van der Waals surface area contributed by atoms with Gasteiger partial charge in [0.1, 0.15) is 5.75 Å². The van der Waals surface area contributed by atoms with Gasteiger partial charge in [-0.3, -0.25) is 4.79 Å². The number of hydrogen-bond acceptors (Lipinski definition) is 2. The second-order valence-corrected chi connectivity index (χ2v) is 9.75. The van der Waals surface area contributed by atoms with Crippen LogP contribution >= 0.6 is 0 Å². The fourth-order valence-electron chi connectivity index (χ4n) is 4.45. The van der Waals surface area contributed by atoms with Gasteiger partial charge < -0.3 is 4.74 Å². The van der Waals surface area contributed by atoms with Crippen LogP contribution in [0.25, 0.3) is 6.08 Å². The Labute approximate surface area is 215 Å². The number of unbranched alkanes of at least 4 members (excludes halogenated alkanes) is 15. The fraction of sp³-hybridized carbons (Fsp3) is 0.545. The minimum atomic E-state index is 0.0122. The number of rotatable bonds is 21. The predicted molar refractivity (Wildman–Crippen MR) is 151 cm³/mol. The number of carbonyl (C=O) groups is 1. The number of benzene rings is 2. The van der Waals surface area contributed by atoms with E-state index in [4.69, 9.17) is 4.74 Å². The number of para-hydroxylation sites is 1. The first kappa shape index (κ1) is 28.9. The lowest BCUT2D eigenvalue weighted by atomic mass is 10.0. The third-order valence-corrected chi connectivity index (χ3v) is 6.65. The van der Waals surface area contributed by atoms with Gasteiger partial charge in [-0.2, -0.15) is 0 Å². The molecule has 0 spiro atoms. The van der Waals surface area contributed by atoms with Crippen molar-refractivity contribution in [1.82, 2.24) is 0 Å². The van der Waals surface area contributed by atoms with Crippen LogP contribution in [0, 0.1) is 0 Å². The van der Waals surface area contributed by atoms with E-state index in [0.29, 0.717) is 5.56 Å². The molecule has 2 aromatic rings. The van der Waals surface area contributed by atoms with Gasteiger partial charge in [-0.25, -0.2) is 0 Å². The normalized spacial score (nSPS) is 11.2. The molecule has 0 saturated heterocycles. The summed E-state index contributed by atoms with van der Waals surface area (Å²) in [5, 5.41) is 0. The molecule has 0 fully saturated rings. The maximum absolute atomic E-state index is 12.3. The number of allylic oxidation sites excluding steroid dienone is 1. The van der Waals surface area contributed by atoms with Crippen molar-refractivity contribution < 1.29 is 9.53 Å². The Morgan fingerprint density at radius 1 is 0.629 bits per heavy atom. The molecule has 0 N–H and O–H groups in total. The Balaban J connectivity index is 1.47. The molecule has 0 aliphatic heterocycles. The van der Waals surface area contributed by atoms with E-state index in [-0.39, 0.29) is 5.78 Å². The lowest BCUT2D eigenvalue weighted by Crippen LogP contribution is -1.99. The molecule has 0 aliphatic rings. The highest BCUT2D eigenvalue weighted by Gasteiger charge is 2.03. The first-order chi connectivity index (χ1) is 17.3. The van der Waals surface area contributed by atoms with Gasteiger partial charge >= 0.3 is 0 Å².